The summed E-state index contributed by atoms with van der Waals surface area (Å²) >= 11 is 0. The van der Waals surface area contributed by atoms with E-state index >= 15 is 0 Å². The highest BCUT2D eigenvalue weighted by Crippen LogP contribution is 2.32. The predicted octanol–water partition coefficient (Wildman–Crippen LogP) is 1.76. The molecule has 100 valence electrons. The highest BCUT2D eigenvalue weighted by Gasteiger charge is 2.49. The second-order valence-electron chi connectivity index (χ2n) is 6.09. The summed E-state index contributed by atoms with van der Waals surface area (Å²) in [6.07, 6.45) is 0.339. The Morgan fingerprint density at radius 2 is 1.53 bits per heavy atom. The van der Waals surface area contributed by atoms with Gasteiger partial charge in [0.05, 0.1) is 24.9 Å². The van der Waals surface area contributed by atoms with Gasteiger partial charge in [-0.25, -0.2) is 0 Å². The quantitative estimate of drug-likeness (QED) is 0.758. The van der Waals surface area contributed by atoms with Crippen LogP contribution in [0.25, 0.3) is 0 Å². The summed E-state index contributed by atoms with van der Waals surface area (Å²) < 4.78 is 23.3. The Morgan fingerprint density at radius 3 is 2.06 bits per heavy atom. The van der Waals surface area contributed by atoms with Crippen molar-refractivity contribution in [3.8, 4) is 0 Å². The van der Waals surface area contributed by atoms with Crippen molar-refractivity contribution in [1.29, 1.82) is 0 Å². The lowest BCUT2D eigenvalue weighted by Crippen LogP contribution is -2.38. The molecule has 0 bridgehead atoms. The summed E-state index contributed by atoms with van der Waals surface area (Å²) in [6.45, 7) is 11.4. The summed E-state index contributed by atoms with van der Waals surface area (Å²) in [5.74, 6) is 0. The van der Waals surface area contributed by atoms with E-state index in [1.807, 2.05) is 13.8 Å². The van der Waals surface area contributed by atoms with E-state index < -0.39 is 0 Å². The molecule has 0 saturated carbocycles. The van der Waals surface area contributed by atoms with Crippen molar-refractivity contribution in [2.24, 2.45) is 0 Å². The van der Waals surface area contributed by atoms with Gasteiger partial charge in [0.15, 0.2) is 0 Å². The first-order chi connectivity index (χ1) is 7.87. The van der Waals surface area contributed by atoms with Crippen LogP contribution in [0.3, 0.4) is 0 Å². The third-order valence-corrected chi connectivity index (χ3v) is 2.91. The standard InChI is InChI=1S/C13H24O4/c1-8(2)16-9-6-14-12-10(7-15-11(9)12)17-13(3,4)5/h8-12H,6-7H2,1-5H3/t9?,10?,11-,12-/m1/s1. The molecule has 0 aromatic rings. The van der Waals surface area contributed by atoms with Gasteiger partial charge in [-0.2, -0.15) is 0 Å². The zero-order valence-electron chi connectivity index (χ0n) is 11.4. The van der Waals surface area contributed by atoms with Gasteiger partial charge in [0.2, 0.25) is 0 Å². The topological polar surface area (TPSA) is 36.9 Å². The van der Waals surface area contributed by atoms with Gasteiger partial charge in [-0.1, -0.05) is 0 Å². The van der Waals surface area contributed by atoms with Crippen LogP contribution in [0.15, 0.2) is 0 Å². The van der Waals surface area contributed by atoms with Gasteiger partial charge in [-0.3, -0.25) is 0 Å². The fourth-order valence-electron chi connectivity index (χ4n) is 2.45. The molecule has 2 heterocycles. The van der Waals surface area contributed by atoms with Crippen LogP contribution in [0, 0.1) is 0 Å². The number of ether oxygens (including phenoxy) is 4. The molecule has 4 heteroatoms. The summed E-state index contributed by atoms with van der Waals surface area (Å²) in [5, 5.41) is 0. The van der Waals surface area contributed by atoms with E-state index in [-0.39, 0.29) is 36.1 Å². The smallest absolute Gasteiger partial charge is 0.115 e. The SMILES string of the molecule is CC(C)OC1CO[C@@H]2C(OC(C)(C)C)CO[C@H]12. The van der Waals surface area contributed by atoms with Crippen LogP contribution in [-0.2, 0) is 18.9 Å². The lowest BCUT2D eigenvalue weighted by atomic mass is 10.1. The Bertz CT molecular complexity index is 259. The van der Waals surface area contributed by atoms with E-state index in [0.717, 1.165) is 0 Å². The molecule has 0 aliphatic carbocycles. The van der Waals surface area contributed by atoms with Crippen LogP contribution in [0.2, 0.25) is 0 Å². The molecule has 4 atom stereocenters. The van der Waals surface area contributed by atoms with Crippen LogP contribution in [-0.4, -0.2) is 49.3 Å². The van der Waals surface area contributed by atoms with Gasteiger partial charge in [-0.05, 0) is 34.6 Å². The second-order valence-corrected chi connectivity index (χ2v) is 6.09. The molecule has 2 fully saturated rings. The lowest BCUT2D eigenvalue weighted by Gasteiger charge is -2.26. The maximum absolute atomic E-state index is 5.96. The molecule has 0 N–H and O–H groups in total. The first-order valence-electron chi connectivity index (χ1n) is 6.43. The molecule has 0 aromatic carbocycles. The molecule has 2 unspecified atom stereocenters. The first-order valence-corrected chi connectivity index (χ1v) is 6.43. The minimum Gasteiger partial charge on any atom is -0.370 e. The maximum atomic E-state index is 5.96. The van der Waals surface area contributed by atoms with Crippen LogP contribution in [0.1, 0.15) is 34.6 Å². The fraction of sp³-hybridized carbons (Fsp3) is 1.00. The van der Waals surface area contributed by atoms with Crippen molar-refractivity contribution in [1.82, 2.24) is 0 Å². The van der Waals surface area contributed by atoms with Crippen LogP contribution >= 0.6 is 0 Å². The first kappa shape index (κ1) is 13.3. The summed E-state index contributed by atoms with van der Waals surface area (Å²) in [6, 6.07) is 0. The van der Waals surface area contributed by atoms with Crippen molar-refractivity contribution >= 4 is 0 Å². The molecular weight excluding hydrogens is 220 g/mol. The molecule has 0 aromatic heterocycles. The minimum atomic E-state index is -0.163. The van der Waals surface area contributed by atoms with E-state index in [2.05, 4.69) is 20.8 Å². The van der Waals surface area contributed by atoms with Crippen molar-refractivity contribution in [2.75, 3.05) is 13.2 Å². The van der Waals surface area contributed by atoms with Crippen molar-refractivity contribution in [3.05, 3.63) is 0 Å². The van der Waals surface area contributed by atoms with E-state index in [9.17, 15) is 0 Å². The highest BCUT2D eigenvalue weighted by molar-refractivity contribution is 4.96. The third-order valence-electron chi connectivity index (χ3n) is 2.91. The predicted molar refractivity (Wildman–Crippen MR) is 64.1 cm³/mol. The zero-order valence-corrected chi connectivity index (χ0v) is 11.4. The third kappa shape index (κ3) is 3.19. The second kappa shape index (κ2) is 4.84. The van der Waals surface area contributed by atoms with Crippen LogP contribution < -0.4 is 0 Å². The number of rotatable bonds is 3. The van der Waals surface area contributed by atoms with Crippen molar-refractivity contribution in [2.45, 2.75) is 70.7 Å². The van der Waals surface area contributed by atoms with Gasteiger partial charge < -0.3 is 18.9 Å². The molecule has 2 aliphatic heterocycles. The number of hydrogen-bond donors (Lipinski definition) is 0. The molecule has 2 saturated heterocycles. The van der Waals surface area contributed by atoms with Gasteiger partial charge in [0.25, 0.3) is 0 Å². The number of hydrogen-bond acceptors (Lipinski definition) is 4. The van der Waals surface area contributed by atoms with Gasteiger partial charge in [0.1, 0.15) is 24.4 Å². The van der Waals surface area contributed by atoms with E-state index in [0.29, 0.717) is 13.2 Å². The molecule has 0 radical (unpaired) electrons. The fourth-order valence-corrected chi connectivity index (χ4v) is 2.45. The minimum absolute atomic E-state index is 0.0259. The summed E-state index contributed by atoms with van der Waals surface area (Å²) in [7, 11) is 0. The molecule has 2 aliphatic rings. The van der Waals surface area contributed by atoms with E-state index in [4.69, 9.17) is 18.9 Å². The van der Waals surface area contributed by atoms with Crippen molar-refractivity contribution < 1.29 is 18.9 Å². The molecule has 0 amide bonds. The molecular formula is C13H24O4. The normalized spacial score (nSPS) is 37.8. The van der Waals surface area contributed by atoms with E-state index in [1.54, 1.807) is 0 Å². The maximum Gasteiger partial charge on any atom is 0.115 e. The lowest BCUT2D eigenvalue weighted by molar-refractivity contribution is -0.107. The largest absolute Gasteiger partial charge is 0.370 e. The monoisotopic (exact) mass is 244 g/mol. The Balaban J connectivity index is 1.92. The average Bonchev–Trinajstić information content (AvgIpc) is 2.68. The summed E-state index contributed by atoms with van der Waals surface area (Å²) in [4.78, 5) is 0. The molecule has 17 heavy (non-hydrogen) atoms. The zero-order chi connectivity index (χ0) is 12.6. The Hall–Kier alpha value is -0.160. The highest BCUT2D eigenvalue weighted by atomic mass is 16.6. The Labute approximate surface area is 104 Å². The average molecular weight is 244 g/mol. The summed E-state index contributed by atoms with van der Waals surface area (Å²) in [5.41, 5.74) is -0.163. The Morgan fingerprint density at radius 1 is 1.00 bits per heavy atom. The van der Waals surface area contributed by atoms with Gasteiger partial charge in [-0.15, -0.1) is 0 Å². The van der Waals surface area contributed by atoms with Crippen molar-refractivity contribution in [3.63, 3.8) is 0 Å². The van der Waals surface area contributed by atoms with Gasteiger partial charge >= 0.3 is 0 Å². The molecule has 0 spiro atoms. The van der Waals surface area contributed by atoms with E-state index in [1.165, 1.54) is 0 Å². The number of fused-ring (bicyclic) bond motifs is 1. The van der Waals surface area contributed by atoms with Gasteiger partial charge in [0, 0.05) is 0 Å². The molecule has 2 rings (SSSR count). The van der Waals surface area contributed by atoms with Crippen LogP contribution in [0.5, 0.6) is 0 Å². The molecule has 4 nitrogen and oxygen atoms in total. The van der Waals surface area contributed by atoms with Crippen LogP contribution in [0.4, 0.5) is 0 Å². The Kier molecular flexibility index (Phi) is 3.78.